The summed E-state index contributed by atoms with van der Waals surface area (Å²) in [4.78, 5) is 0. The van der Waals surface area contributed by atoms with Gasteiger partial charge in [0, 0.05) is 6.54 Å². The van der Waals surface area contributed by atoms with E-state index in [1.165, 1.54) is 0 Å². The fraction of sp³-hybridized carbons (Fsp3) is 0.200. The number of benzene rings is 1. The Morgan fingerprint density at radius 3 is 2.59 bits per heavy atom. The van der Waals surface area contributed by atoms with Crippen molar-refractivity contribution in [2.24, 2.45) is 5.10 Å². The second kappa shape index (κ2) is 6.93. The van der Waals surface area contributed by atoms with Gasteiger partial charge in [-0.25, -0.2) is 0 Å². The Kier molecular flexibility index (Phi) is 5.87. The maximum absolute atomic E-state index is 9.53. The fourth-order valence-electron chi connectivity index (χ4n) is 1.03. The Balaban J connectivity index is 2.69. The van der Waals surface area contributed by atoms with Gasteiger partial charge in [0.1, 0.15) is 5.75 Å². The number of hydrogen-bond acceptors (Lipinski definition) is 3. The summed E-state index contributed by atoms with van der Waals surface area (Å²) in [7, 11) is 0. The third kappa shape index (κ3) is 4.61. The van der Waals surface area contributed by atoms with Crippen LogP contribution in [0.5, 0.6) is 5.75 Å². The first kappa shape index (κ1) is 14.4. The monoisotopic (exact) mass is 379 g/mol. The van der Waals surface area contributed by atoms with Crippen LogP contribution in [0.3, 0.4) is 0 Å². The standard InChI is InChI=1S/C10H11Br2N3OS/c1-2-13-10(17)15-14-5-6-3-7(11)9(16)8(12)4-6/h3-5,16H,2H2,1H3,(H2,13,15,17)/b14-5+. The Morgan fingerprint density at radius 2 is 2.06 bits per heavy atom. The fourth-order valence-corrected chi connectivity index (χ4v) is 2.44. The van der Waals surface area contributed by atoms with Crippen molar-refractivity contribution in [1.29, 1.82) is 0 Å². The molecule has 0 atom stereocenters. The molecule has 4 nitrogen and oxygen atoms in total. The smallest absolute Gasteiger partial charge is 0.186 e. The van der Waals surface area contributed by atoms with Gasteiger partial charge in [0.05, 0.1) is 15.2 Å². The van der Waals surface area contributed by atoms with E-state index in [1.807, 2.05) is 6.92 Å². The first-order valence-corrected chi connectivity index (χ1v) is 6.79. The zero-order valence-electron chi connectivity index (χ0n) is 9.00. The van der Waals surface area contributed by atoms with Gasteiger partial charge in [-0.3, -0.25) is 5.43 Å². The van der Waals surface area contributed by atoms with Gasteiger partial charge in [0.15, 0.2) is 5.11 Å². The second-order valence-corrected chi connectivity index (χ2v) is 5.18. The molecule has 0 unspecified atom stereocenters. The van der Waals surface area contributed by atoms with E-state index in [0.29, 0.717) is 14.1 Å². The number of phenols is 1. The summed E-state index contributed by atoms with van der Waals surface area (Å²) in [6.07, 6.45) is 1.61. The number of aromatic hydroxyl groups is 1. The number of nitrogens with one attached hydrogen (secondary N) is 2. The van der Waals surface area contributed by atoms with E-state index in [9.17, 15) is 5.11 Å². The lowest BCUT2D eigenvalue weighted by atomic mass is 10.2. The molecule has 0 fully saturated rings. The molecule has 1 rings (SSSR count). The van der Waals surface area contributed by atoms with Crippen molar-refractivity contribution < 1.29 is 5.11 Å². The summed E-state index contributed by atoms with van der Waals surface area (Å²) in [6.45, 7) is 2.70. The summed E-state index contributed by atoms with van der Waals surface area (Å²) in [6, 6.07) is 3.50. The van der Waals surface area contributed by atoms with Crippen molar-refractivity contribution in [1.82, 2.24) is 10.7 Å². The molecule has 0 bridgehead atoms. The van der Waals surface area contributed by atoms with Crippen molar-refractivity contribution in [3.63, 3.8) is 0 Å². The molecule has 0 aliphatic carbocycles. The van der Waals surface area contributed by atoms with Gasteiger partial charge in [-0.2, -0.15) is 5.10 Å². The molecule has 0 aliphatic heterocycles. The summed E-state index contributed by atoms with van der Waals surface area (Å²) in [5.41, 5.74) is 3.51. The minimum Gasteiger partial charge on any atom is -0.506 e. The van der Waals surface area contributed by atoms with Crippen molar-refractivity contribution in [3.05, 3.63) is 26.6 Å². The largest absolute Gasteiger partial charge is 0.506 e. The van der Waals surface area contributed by atoms with Crippen molar-refractivity contribution in [2.75, 3.05) is 6.54 Å². The SMILES string of the molecule is CCNC(=S)N/N=C/c1cc(Br)c(O)c(Br)c1. The molecule has 0 saturated carbocycles. The van der Waals surface area contributed by atoms with Gasteiger partial charge in [-0.05, 0) is 68.7 Å². The lowest BCUT2D eigenvalue weighted by molar-refractivity contribution is 0.468. The molecule has 1 aromatic rings. The molecule has 17 heavy (non-hydrogen) atoms. The van der Waals surface area contributed by atoms with E-state index in [4.69, 9.17) is 12.2 Å². The topological polar surface area (TPSA) is 56.7 Å². The van der Waals surface area contributed by atoms with Crippen LogP contribution < -0.4 is 10.7 Å². The Hall–Kier alpha value is -0.660. The van der Waals surface area contributed by atoms with Crippen LogP contribution >= 0.6 is 44.1 Å². The Labute approximate surface area is 122 Å². The lowest BCUT2D eigenvalue weighted by Gasteiger charge is -2.04. The third-order valence-corrected chi connectivity index (χ3v) is 3.20. The molecule has 0 aromatic heterocycles. The van der Waals surface area contributed by atoms with Crippen LogP contribution in [0.1, 0.15) is 12.5 Å². The van der Waals surface area contributed by atoms with Crippen molar-refractivity contribution in [3.8, 4) is 5.75 Å². The van der Waals surface area contributed by atoms with E-state index in [-0.39, 0.29) is 5.75 Å². The number of hydrogen-bond donors (Lipinski definition) is 3. The zero-order chi connectivity index (χ0) is 12.8. The average molecular weight is 381 g/mol. The minimum atomic E-state index is 0.165. The highest BCUT2D eigenvalue weighted by atomic mass is 79.9. The van der Waals surface area contributed by atoms with Gasteiger partial charge >= 0.3 is 0 Å². The number of halogens is 2. The van der Waals surface area contributed by atoms with Crippen LogP contribution in [0, 0.1) is 0 Å². The van der Waals surface area contributed by atoms with Gasteiger partial charge in [0.2, 0.25) is 0 Å². The number of thiocarbonyl (C=S) groups is 1. The Bertz CT molecular complexity index is 428. The normalized spacial score (nSPS) is 10.5. The predicted octanol–water partition coefficient (Wildman–Crippen LogP) is 2.74. The summed E-state index contributed by atoms with van der Waals surface area (Å²) in [5.74, 6) is 0.165. The molecule has 0 radical (unpaired) electrons. The summed E-state index contributed by atoms with van der Waals surface area (Å²) in [5, 5.41) is 16.9. The summed E-state index contributed by atoms with van der Waals surface area (Å²) >= 11 is 11.4. The molecule has 0 spiro atoms. The quantitative estimate of drug-likeness (QED) is 0.428. The summed E-state index contributed by atoms with van der Waals surface area (Å²) < 4.78 is 1.20. The number of nitrogens with zero attached hydrogens (tertiary/aromatic N) is 1. The molecule has 0 amide bonds. The molecule has 1 aromatic carbocycles. The first-order valence-electron chi connectivity index (χ1n) is 4.79. The van der Waals surface area contributed by atoms with E-state index >= 15 is 0 Å². The van der Waals surface area contributed by atoms with E-state index < -0.39 is 0 Å². The maximum Gasteiger partial charge on any atom is 0.186 e. The van der Waals surface area contributed by atoms with Gasteiger partial charge in [-0.15, -0.1) is 0 Å². The number of rotatable bonds is 3. The Morgan fingerprint density at radius 1 is 1.47 bits per heavy atom. The molecule has 92 valence electrons. The zero-order valence-corrected chi connectivity index (χ0v) is 13.0. The third-order valence-electron chi connectivity index (χ3n) is 1.76. The van der Waals surface area contributed by atoms with Crippen LogP contribution in [-0.4, -0.2) is 23.0 Å². The second-order valence-electron chi connectivity index (χ2n) is 3.06. The van der Waals surface area contributed by atoms with Crippen LogP contribution in [0.25, 0.3) is 0 Å². The van der Waals surface area contributed by atoms with E-state index in [1.54, 1.807) is 18.3 Å². The lowest BCUT2D eigenvalue weighted by Crippen LogP contribution is -2.31. The molecule has 0 aliphatic rings. The number of hydrazone groups is 1. The van der Waals surface area contributed by atoms with Crippen LogP contribution in [0.2, 0.25) is 0 Å². The molecule has 3 N–H and O–H groups in total. The molecule has 0 heterocycles. The molecular formula is C10H11Br2N3OS. The van der Waals surface area contributed by atoms with Crippen molar-refractivity contribution in [2.45, 2.75) is 6.92 Å². The van der Waals surface area contributed by atoms with Gasteiger partial charge in [0.25, 0.3) is 0 Å². The van der Waals surface area contributed by atoms with Crippen LogP contribution in [0.15, 0.2) is 26.2 Å². The van der Waals surface area contributed by atoms with E-state index in [2.05, 4.69) is 47.7 Å². The minimum absolute atomic E-state index is 0.165. The highest BCUT2D eigenvalue weighted by molar-refractivity contribution is 9.11. The van der Waals surface area contributed by atoms with Gasteiger partial charge in [-0.1, -0.05) is 0 Å². The first-order chi connectivity index (χ1) is 8.04. The van der Waals surface area contributed by atoms with E-state index in [0.717, 1.165) is 12.1 Å². The predicted molar refractivity (Wildman–Crippen MR) is 80.5 cm³/mol. The molecular weight excluding hydrogens is 370 g/mol. The average Bonchev–Trinajstić information content (AvgIpc) is 2.26. The highest BCUT2D eigenvalue weighted by Gasteiger charge is 2.04. The highest BCUT2D eigenvalue weighted by Crippen LogP contribution is 2.32. The maximum atomic E-state index is 9.53. The molecule has 7 heteroatoms. The molecule has 0 saturated heterocycles. The van der Waals surface area contributed by atoms with Crippen molar-refractivity contribution >= 4 is 55.4 Å². The number of phenolic OH excluding ortho intramolecular Hbond substituents is 1. The van der Waals surface area contributed by atoms with Gasteiger partial charge < -0.3 is 10.4 Å². The van der Waals surface area contributed by atoms with Crippen LogP contribution in [0.4, 0.5) is 0 Å². The van der Waals surface area contributed by atoms with Crippen LogP contribution in [-0.2, 0) is 0 Å².